The first-order chi connectivity index (χ1) is 6.31. The zero-order valence-corrected chi connectivity index (χ0v) is 7.57. The molecule has 0 aliphatic carbocycles. The highest BCUT2D eigenvalue weighted by molar-refractivity contribution is 6.29. The van der Waals surface area contributed by atoms with Crippen molar-refractivity contribution < 1.29 is 5.11 Å². The van der Waals surface area contributed by atoms with Crippen LogP contribution in [0.1, 0.15) is 0 Å². The van der Waals surface area contributed by atoms with Crippen LogP contribution in [-0.2, 0) is 6.54 Å². The molecule has 0 amide bonds. The van der Waals surface area contributed by atoms with Gasteiger partial charge < -0.3 is 9.67 Å². The van der Waals surface area contributed by atoms with Gasteiger partial charge in [0.1, 0.15) is 10.7 Å². The SMILES string of the molecule is OCCn1cnc2ccc(Cl)nc21. The Bertz CT molecular complexity index is 426. The van der Waals surface area contributed by atoms with Crippen molar-refractivity contribution in [3.05, 3.63) is 23.6 Å². The van der Waals surface area contributed by atoms with Crippen LogP contribution in [0.2, 0.25) is 5.15 Å². The summed E-state index contributed by atoms with van der Waals surface area (Å²) in [7, 11) is 0. The monoisotopic (exact) mass is 197 g/mol. The standard InChI is InChI=1S/C8H8ClN3O/c9-7-2-1-6-8(11-7)12(3-4-13)5-10-6/h1-2,5,13H,3-4H2. The van der Waals surface area contributed by atoms with E-state index in [9.17, 15) is 0 Å². The summed E-state index contributed by atoms with van der Waals surface area (Å²) in [6.45, 7) is 0.559. The molecule has 0 fully saturated rings. The highest BCUT2D eigenvalue weighted by Gasteiger charge is 2.03. The van der Waals surface area contributed by atoms with Crippen LogP contribution in [0.3, 0.4) is 0 Å². The van der Waals surface area contributed by atoms with Crippen molar-refractivity contribution in [3.63, 3.8) is 0 Å². The summed E-state index contributed by atoms with van der Waals surface area (Å²) in [5, 5.41) is 9.19. The number of fused-ring (bicyclic) bond motifs is 1. The normalized spacial score (nSPS) is 10.9. The maximum Gasteiger partial charge on any atom is 0.161 e. The van der Waals surface area contributed by atoms with Crippen LogP contribution in [-0.4, -0.2) is 26.2 Å². The topological polar surface area (TPSA) is 50.9 Å². The van der Waals surface area contributed by atoms with Gasteiger partial charge in [0.05, 0.1) is 12.9 Å². The summed E-state index contributed by atoms with van der Waals surface area (Å²) in [5.41, 5.74) is 1.50. The van der Waals surface area contributed by atoms with Crippen molar-refractivity contribution in [3.8, 4) is 0 Å². The molecule has 1 N–H and O–H groups in total. The van der Waals surface area contributed by atoms with E-state index < -0.39 is 0 Å². The van der Waals surface area contributed by atoms with Gasteiger partial charge in [-0.1, -0.05) is 11.6 Å². The van der Waals surface area contributed by atoms with E-state index in [2.05, 4.69) is 9.97 Å². The first kappa shape index (κ1) is 8.47. The van der Waals surface area contributed by atoms with E-state index in [4.69, 9.17) is 16.7 Å². The van der Waals surface area contributed by atoms with E-state index in [1.54, 1.807) is 23.0 Å². The number of nitrogens with zero attached hydrogens (tertiary/aromatic N) is 3. The van der Waals surface area contributed by atoms with Gasteiger partial charge in [-0.15, -0.1) is 0 Å². The number of hydrogen-bond donors (Lipinski definition) is 1. The van der Waals surface area contributed by atoms with Crippen molar-refractivity contribution in [2.24, 2.45) is 0 Å². The summed E-state index contributed by atoms with van der Waals surface area (Å²) in [5.74, 6) is 0. The zero-order chi connectivity index (χ0) is 9.26. The smallest absolute Gasteiger partial charge is 0.161 e. The Morgan fingerprint density at radius 2 is 2.31 bits per heavy atom. The molecule has 0 saturated heterocycles. The lowest BCUT2D eigenvalue weighted by atomic mass is 10.4. The fourth-order valence-electron chi connectivity index (χ4n) is 1.19. The van der Waals surface area contributed by atoms with E-state index >= 15 is 0 Å². The van der Waals surface area contributed by atoms with Crippen LogP contribution >= 0.6 is 11.6 Å². The Morgan fingerprint density at radius 1 is 1.46 bits per heavy atom. The van der Waals surface area contributed by atoms with Crippen LogP contribution in [0.4, 0.5) is 0 Å². The second kappa shape index (κ2) is 3.32. The third-order valence-corrected chi connectivity index (χ3v) is 1.98. The molecule has 0 unspecified atom stereocenters. The van der Waals surface area contributed by atoms with E-state index in [1.165, 1.54) is 0 Å². The number of rotatable bonds is 2. The summed E-state index contributed by atoms with van der Waals surface area (Å²) in [6, 6.07) is 3.50. The fraction of sp³-hybridized carbons (Fsp3) is 0.250. The lowest BCUT2D eigenvalue weighted by Gasteiger charge is -1.99. The third-order valence-electron chi connectivity index (χ3n) is 1.77. The molecule has 0 bridgehead atoms. The van der Waals surface area contributed by atoms with Crippen molar-refractivity contribution in [1.29, 1.82) is 0 Å². The molecule has 0 radical (unpaired) electrons. The number of aliphatic hydroxyl groups is 1. The predicted octanol–water partition coefficient (Wildman–Crippen LogP) is 1.08. The Balaban J connectivity index is 2.58. The number of pyridine rings is 1. The first-order valence-electron chi connectivity index (χ1n) is 3.89. The number of aromatic nitrogens is 3. The van der Waals surface area contributed by atoms with Crippen molar-refractivity contribution in [2.45, 2.75) is 6.54 Å². The summed E-state index contributed by atoms with van der Waals surface area (Å²) in [4.78, 5) is 8.22. The van der Waals surface area contributed by atoms with E-state index in [-0.39, 0.29) is 6.61 Å². The minimum absolute atomic E-state index is 0.0691. The summed E-state index contributed by atoms with van der Waals surface area (Å²) >= 11 is 5.73. The number of aliphatic hydroxyl groups excluding tert-OH is 1. The molecule has 0 aromatic carbocycles. The maximum atomic E-state index is 8.76. The van der Waals surface area contributed by atoms with Gasteiger partial charge in [0.2, 0.25) is 0 Å². The molecule has 2 aromatic rings. The highest BCUT2D eigenvalue weighted by atomic mass is 35.5. The van der Waals surface area contributed by atoms with Gasteiger partial charge in [0.15, 0.2) is 5.65 Å². The van der Waals surface area contributed by atoms with Gasteiger partial charge in [-0.3, -0.25) is 0 Å². The van der Waals surface area contributed by atoms with Crippen molar-refractivity contribution >= 4 is 22.8 Å². The van der Waals surface area contributed by atoms with Crippen LogP contribution in [0, 0.1) is 0 Å². The Hall–Kier alpha value is -1.13. The molecule has 0 saturated carbocycles. The molecular weight excluding hydrogens is 190 g/mol. The predicted molar refractivity (Wildman–Crippen MR) is 49.6 cm³/mol. The highest BCUT2D eigenvalue weighted by Crippen LogP contribution is 2.13. The summed E-state index contributed by atoms with van der Waals surface area (Å²) in [6.07, 6.45) is 1.64. The van der Waals surface area contributed by atoms with Crippen molar-refractivity contribution in [1.82, 2.24) is 14.5 Å². The first-order valence-corrected chi connectivity index (χ1v) is 4.27. The average molecular weight is 198 g/mol. The van der Waals surface area contributed by atoms with E-state index in [0.717, 1.165) is 5.52 Å². The maximum absolute atomic E-state index is 8.76. The Kier molecular flexibility index (Phi) is 2.16. The Morgan fingerprint density at radius 3 is 3.08 bits per heavy atom. The van der Waals surface area contributed by atoms with Gasteiger partial charge in [0, 0.05) is 6.54 Å². The second-order valence-corrected chi connectivity index (χ2v) is 3.03. The molecule has 0 spiro atoms. The second-order valence-electron chi connectivity index (χ2n) is 2.64. The van der Waals surface area contributed by atoms with Gasteiger partial charge in [-0.05, 0) is 12.1 Å². The van der Waals surface area contributed by atoms with Gasteiger partial charge in [-0.2, -0.15) is 0 Å². The number of hydrogen-bond acceptors (Lipinski definition) is 3. The molecule has 5 heteroatoms. The van der Waals surface area contributed by atoms with E-state index in [0.29, 0.717) is 17.3 Å². The minimum atomic E-state index is 0.0691. The minimum Gasteiger partial charge on any atom is -0.395 e. The van der Waals surface area contributed by atoms with Gasteiger partial charge >= 0.3 is 0 Å². The molecule has 2 rings (SSSR count). The zero-order valence-electron chi connectivity index (χ0n) is 6.81. The molecule has 2 aromatic heterocycles. The molecule has 2 heterocycles. The van der Waals surface area contributed by atoms with Crippen LogP contribution in [0.25, 0.3) is 11.2 Å². The largest absolute Gasteiger partial charge is 0.395 e. The van der Waals surface area contributed by atoms with Crippen LogP contribution in [0.5, 0.6) is 0 Å². The van der Waals surface area contributed by atoms with Crippen molar-refractivity contribution in [2.75, 3.05) is 6.61 Å². The molecule has 0 aliphatic heterocycles. The molecular formula is C8H8ClN3O. The summed E-state index contributed by atoms with van der Waals surface area (Å²) < 4.78 is 1.77. The third kappa shape index (κ3) is 1.50. The molecule has 0 atom stereocenters. The number of halogens is 1. The fourth-order valence-corrected chi connectivity index (χ4v) is 1.33. The average Bonchev–Trinajstić information content (AvgIpc) is 2.49. The lowest BCUT2D eigenvalue weighted by molar-refractivity contribution is 0.277. The number of imidazole rings is 1. The Labute approximate surface area is 79.8 Å². The molecule has 68 valence electrons. The molecule has 0 aliphatic rings. The lowest BCUT2D eigenvalue weighted by Crippen LogP contribution is -2.00. The van der Waals surface area contributed by atoms with Crippen LogP contribution < -0.4 is 0 Å². The molecule has 4 nitrogen and oxygen atoms in total. The van der Waals surface area contributed by atoms with Crippen LogP contribution in [0.15, 0.2) is 18.5 Å². The van der Waals surface area contributed by atoms with E-state index in [1.807, 2.05) is 0 Å². The van der Waals surface area contributed by atoms with Gasteiger partial charge in [-0.25, -0.2) is 9.97 Å². The quantitative estimate of drug-likeness (QED) is 0.733. The van der Waals surface area contributed by atoms with Gasteiger partial charge in [0.25, 0.3) is 0 Å². The molecule has 13 heavy (non-hydrogen) atoms.